The number of hydrogen-bond donors (Lipinski definition) is 2. The fourth-order valence-corrected chi connectivity index (χ4v) is 7.30. The molecule has 1 saturated heterocycles. The number of carbonyl (C=O) groups excluding carboxylic acids is 2. The van der Waals surface area contributed by atoms with Crippen LogP contribution < -0.4 is 5.32 Å². The number of carbonyl (C=O) groups is 3. The summed E-state index contributed by atoms with van der Waals surface area (Å²) < 4.78 is 40.5. The quantitative estimate of drug-likeness (QED) is 0.358. The zero-order valence-corrected chi connectivity index (χ0v) is 22.0. The molecule has 4 rings (SSSR count). The summed E-state index contributed by atoms with van der Waals surface area (Å²) in [5, 5.41) is 23.8. The second kappa shape index (κ2) is 9.74. The standard InChI is InChI=1S/C18H16BrF3N6O4S3/c1-6-10(19)13(18(20,21)22)26-27(6)3-9(29)23-11-14(30)28-12(16(31)32)8(4-33-15(11)28)5-34-17-25-24-7(2)35-17/h11,15H,3-5H2,1-2H3,(H,23,29)(H,31,32)/t11-,15+/m0/s1. The van der Waals surface area contributed by atoms with E-state index in [-0.39, 0.29) is 15.9 Å². The lowest BCUT2D eigenvalue weighted by molar-refractivity contribution is -0.150. The van der Waals surface area contributed by atoms with Gasteiger partial charge in [-0.3, -0.25) is 19.2 Å². The highest BCUT2D eigenvalue weighted by Crippen LogP contribution is 2.42. The minimum atomic E-state index is -4.70. The van der Waals surface area contributed by atoms with E-state index in [0.29, 0.717) is 21.4 Å². The van der Waals surface area contributed by atoms with E-state index in [2.05, 4.69) is 36.5 Å². The van der Waals surface area contributed by atoms with Crippen molar-refractivity contribution in [1.29, 1.82) is 0 Å². The van der Waals surface area contributed by atoms with Crippen LogP contribution in [0.25, 0.3) is 0 Å². The van der Waals surface area contributed by atoms with Crippen LogP contribution in [0.3, 0.4) is 0 Å². The van der Waals surface area contributed by atoms with Crippen LogP contribution in [0.4, 0.5) is 13.2 Å². The number of aromatic nitrogens is 4. The maximum absolute atomic E-state index is 13.1. The van der Waals surface area contributed by atoms with E-state index in [0.717, 1.165) is 14.6 Å². The molecule has 0 bridgehead atoms. The Morgan fingerprint density at radius 1 is 1.31 bits per heavy atom. The van der Waals surface area contributed by atoms with Gasteiger partial charge in [-0.05, 0) is 35.4 Å². The average Bonchev–Trinajstić information content (AvgIpc) is 3.32. The van der Waals surface area contributed by atoms with Crippen molar-refractivity contribution >= 4 is 68.6 Å². The zero-order valence-electron chi connectivity index (χ0n) is 17.9. The normalized spacial score (nSPS) is 20.1. The molecular formula is C18H16BrF3N6O4S3. The van der Waals surface area contributed by atoms with Crippen molar-refractivity contribution in [2.45, 2.75) is 42.3 Å². The number of aliphatic carboxylic acids is 1. The van der Waals surface area contributed by atoms with Gasteiger partial charge in [-0.15, -0.1) is 22.0 Å². The maximum atomic E-state index is 13.1. The van der Waals surface area contributed by atoms with Gasteiger partial charge < -0.3 is 10.4 Å². The molecule has 188 valence electrons. The van der Waals surface area contributed by atoms with Crippen molar-refractivity contribution in [3.05, 3.63) is 32.1 Å². The Hall–Kier alpha value is -2.11. The van der Waals surface area contributed by atoms with Crippen molar-refractivity contribution < 1.29 is 32.7 Å². The highest BCUT2D eigenvalue weighted by Gasteiger charge is 2.54. The molecule has 0 radical (unpaired) electrons. The summed E-state index contributed by atoms with van der Waals surface area (Å²) in [5.41, 5.74) is -0.627. The van der Waals surface area contributed by atoms with Crippen molar-refractivity contribution in [2.24, 2.45) is 0 Å². The lowest BCUT2D eigenvalue weighted by Crippen LogP contribution is -2.70. The van der Waals surface area contributed by atoms with Crippen LogP contribution in [-0.4, -0.2) is 70.7 Å². The minimum absolute atomic E-state index is 0.102. The average molecular weight is 613 g/mol. The summed E-state index contributed by atoms with van der Waals surface area (Å²) in [6.45, 7) is 2.64. The van der Waals surface area contributed by atoms with Gasteiger partial charge in [0.15, 0.2) is 10.0 Å². The zero-order chi connectivity index (χ0) is 25.7. The predicted molar refractivity (Wildman–Crippen MR) is 125 cm³/mol. The largest absolute Gasteiger partial charge is 0.477 e. The number of nitrogens with one attached hydrogen (secondary N) is 1. The molecule has 35 heavy (non-hydrogen) atoms. The molecule has 2 aliphatic heterocycles. The van der Waals surface area contributed by atoms with Gasteiger partial charge in [-0.1, -0.05) is 23.1 Å². The molecule has 17 heteroatoms. The summed E-state index contributed by atoms with van der Waals surface area (Å²) in [7, 11) is 0. The molecule has 2 N–H and O–H groups in total. The molecule has 10 nitrogen and oxygen atoms in total. The molecule has 0 aromatic carbocycles. The topological polar surface area (TPSA) is 130 Å². The van der Waals surface area contributed by atoms with Gasteiger partial charge in [0.25, 0.3) is 5.91 Å². The molecule has 2 aliphatic rings. The third kappa shape index (κ3) is 5.08. The Kier molecular flexibility index (Phi) is 7.23. The molecule has 0 unspecified atom stereocenters. The van der Waals surface area contributed by atoms with E-state index in [4.69, 9.17) is 0 Å². The Balaban J connectivity index is 1.44. The molecular weight excluding hydrogens is 597 g/mol. The second-order valence-electron chi connectivity index (χ2n) is 7.49. The SMILES string of the molecule is Cc1nnc(SCC2=C(C(=O)O)N3C(=O)[C@H](NC(=O)Cn4nc(C(F)(F)F)c(Br)c4C)[C@H]3SC2)s1. The molecule has 2 amide bonds. The monoisotopic (exact) mass is 612 g/mol. The van der Waals surface area contributed by atoms with Crippen molar-refractivity contribution in [1.82, 2.24) is 30.2 Å². The first-order valence-corrected chi connectivity index (χ1v) is 13.4. The van der Waals surface area contributed by atoms with Crippen LogP contribution in [0, 0.1) is 13.8 Å². The number of rotatable bonds is 7. The Morgan fingerprint density at radius 2 is 2.03 bits per heavy atom. The number of β-lactam (4-membered cyclic amide) rings is 1. The van der Waals surface area contributed by atoms with Crippen LogP contribution in [0.5, 0.6) is 0 Å². The second-order valence-corrected chi connectivity index (χ2v) is 11.8. The van der Waals surface area contributed by atoms with Crippen LogP contribution in [-0.2, 0) is 27.1 Å². The number of fused-ring (bicyclic) bond motifs is 1. The molecule has 1 fully saturated rings. The van der Waals surface area contributed by atoms with Gasteiger partial charge in [0.1, 0.15) is 28.7 Å². The van der Waals surface area contributed by atoms with Gasteiger partial charge in [0.2, 0.25) is 5.91 Å². The molecule has 2 atom stereocenters. The number of amides is 2. The van der Waals surface area contributed by atoms with Crippen molar-refractivity contribution in [2.75, 3.05) is 11.5 Å². The Morgan fingerprint density at radius 3 is 2.60 bits per heavy atom. The number of halogens is 4. The number of hydrogen-bond acceptors (Lipinski definition) is 9. The van der Waals surface area contributed by atoms with E-state index in [1.165, 1.54) is 41.8 Å². The Labute approximate surface area is 216 Å². The van der Waals surface area contributed by atoms with E-state index < -0.39 is 47.6 Å². The first-order valence-electron chi connectivity index (χ1n) is 9.80. The lowest BCUT2D eigenvalue weighted by Gasteiger charge is -2.49. The van der Waals surface area contributed by atoms with Crippen LogP contribution in [0.15, 0.2) is 20.1 Å². The number of alkyl halides is 3. The summed E-state index contributed by atoms with van der Waals surface area (Å²) in [4.78, 5) is 38.4. The Bertz CT molecular complexity index is 1250. The van der Waals surface area contributed by atoms with Crippen LogP contribution in [0.1, 0.15) is 16.4 Å². The van der Waals surface area contributed by atoms with E-state index in [9.17, 15) is 32.7 Å². The molecule has 4 heterocycles. The lowest BCUT2D eigenvalue weighted by atomic mass is 10.0. The predicted octanol–water partition coefficient (Wildman–Crippen LogP) is 2.66. The molecule has 0 spiro atoms. The number of thioether (sulfide) groups is 2. The molecule has 0 saturated carbocycles. The van der Waals surface area contributed by atoms with Crippen molar-refractivity contribution in [3.8, 4) is 0 Å². The molecule has 0 aliphatic carbocycles. The summed E-state index contributed by atoms with van der Waals surface area (Å²) in [6, 6.07) is -0.997. The van der Waals surface area contributed by atoms with Crippen LogP contribution in [0.2, 0.25) is 0 Å². The first-order chi connectivity index (χ1) is 16.4. The smallest absolute Gasteiger partial charge is 0.436 e. The minimum Gasteiger partial charge on any atom is -0.477 e. The van der Waals surface area contributed by atoms with E-state index in [1.807, 2.05) is 0 Å². The number of aryl methyl sites for hydroxylation is 1. The fourth-order valence-electron chi connectivity index (χ4n) is 3.49. The van der Waals surface area contributed by atoms with Gasteiger partial charge in [-0.25, -0.2) is 4.79 Å². The van der Waals surface area contributed by atoms with Gasteiger partial charge >= 0.3 is 12.1 Å². The van der Waals surface area contributed by atoms with E-state index >= 15 is 0 Å². The van der Waals surface area contributed by atoms with Crippen LogP contribution >= 0.6 is 50.8 Å². The summed E-state index contributed by atoms with van der Waals surface area (Å²) in [5.74, 6) is -1.94. The highest BCUT2D eigenvalue weighted by molar-refractivity contribution is 9.10. The number of carboxylic acids is 1. The first kappa shape index (κ1) is 26.0. The van der Waals surface area contributed by atoms with E-state index in [1.54, 1.807) is 6.92 Å². The number of carboxylic acid groups (broad SMARTS) is 1. The highest BCUT2D eigenvalue weighted by atomic mass is 79.9. The summed E-state index contributed by atoms with van der Waals surface area (Å²) >= 11 is 6.85. The third-order valence-electron chi connectivity index (χ3n) is 5.14. The third-order valence-corrected chi connectivity index (χ3v) is 9.49. The van der Waals surface area contributed by atoms with Gasteiger partial charge in [0, 0.05) is 11.5 Å². The summed E-state index contributed by atoms with van der Waals surface area (Å²) in [6.07, 6.45) is -4.70. The van der Waals surface area contributed by atoms with Gasteiger partial charge in [0.05, 0.1) is 10.2 Å². The molecule has 2 aromatic rings. The molecule has 2 aromatic heterocycles. The maximum Gasteiger partial charge on any atom is 0.436 e. The number of nitrogens with zero attached hydrogens (tertiary/aromatic N) is 5. The fraction of sp³-hybridized carbons (Fsp3) is 0.444. The van der Waals surface area contributed by atoms with Crippen molar-refractivity contribution in [3.63, 3.8) is 0 Å². The van der Waals surface area contributed by atoms with Gasteiger partial charge in [-0.2, -0.15) is 18.3 Å².